The molecule has 0 unspecified atom stereocenters. The van der Waals surface area contributed by atoms with Crippen LogP contribution in [0.3, 0.4) is 0 Å². The third kappa shape index (κ3) is 18.2. The van der Waals surface area contributed by atoms with Gasteiger partial charge in [-0.25, -0.2) is 0 Å². The summed E-state index contributed by atoms with van der Waals surface area (Å²) in [6, 6.07) is 0. The Labute approximate surface area is 116 Å². The van der Waals surface area contributed by atoms with Crippen molar-refractivity contribution in [1.29, 1.82) is 0 Å². The molecule has 0 aliphatic rings. The van der Waals surface area contributed by atoms with E-state index in [2.05, 4.69) is 0 Å². The van der Waals surface area contributed by atoms with Crippen LogP contribution >= 0.6 is 17.0 Å². The van der Waals surface area contributed by atoms with Crippen LogP contribution in [-0.4, -0.2) is 0 Å². The van der Waals surface area contributed by atoms with E-state index in [9.17, 15) is 0 Å². The molecule has 2 radical (unpaired) electrons. The van der Waals surface area contributed by atoms with E-state index < -0.39 is 0 Å². The first-order chi connectivity index (χ1) is 0. The molecular formula is HBrCeCoMnZr. The Bertz CT molecular complexity index is 11.6. The van der Waals surface area contributed by atoms with Crippen LogP contribution in [0.5, 0.6) is 0 Å². The molecule has 0 saturated carbocycles. The molecular weight excluding hydrogens is 425 g/mol. The maximum atomic E-state index is 0. The first kappa shape index (κ1) is 37.3. The van der Waals surface area contributed by atoms with Crippen molar-refractivity contribution in [1.82, 2.24) is 0 Å². The Hall–Kier alpha value is 3.77. The fourth-order valence-electron chi connectivity index (χ4n) is 0. The van der Waals surface area contributed by atoms with Gasteiger partial charge in [-0.3, -0.25) is 0 Å². The molecule has 0 spiro atoms. The standard InChI is InChI=1S/BrH.Ce.Co.Mn.Zr/h1H;;;;. The van der Waals surface area contributed by atoms with Gasteiger partial charge in [-0.2, -0.15) is 0 Å². The van der Waals surface area contributed by atoms with Crippen LogP contribution in [0, 0.1) is 41.7 Å². The van der Waals surface area contributed by atoms with Crippen LogP contribution < -0.4 is 0 Å². The van der Waals surface area contributed by atoms with Crippen molar-refractivity contribution in [2.75, 3.05) is 0 Å². The summed E-state index contributed by atoms with van der Waals surface area (Å²) in [5.74, 6) is 0. The molecule has 0 bridgehead atoms. The molecule has 0 fully saturated rings. The molecule has 5 heavy (non-hydrogen) atoms. The van der Waals surface area contributed by atoms with E-state index in [4.69, 9.17) is 0 Å². The van der Waals surface area contributed by atoms with Crippen LogP contribution in [-0.2, 0) is 60.1 Å². The first-order valence-corrected chi connectivity index (χ1v) is 0. The van der Waals surface area contributed by atoms with Crippen LogP contribution in [0.1, 0.15) is 0 Å². The van der Waals surface area contributed by atoms with Crippen molar-refractivity contribution >= 4 is 17.0 Å². The molecule has 0 N–H and O–H groups in total. The molecule has 0 aromatic rings. The molecule has 0 rings (SSSR count). The second-order valence-corrected chi connectivity index (χ2v) is 0. The molecule has 32 valence electrons. The van der Waals surface area contributed by atoms with E-state index in [0.29, 0.717) is 0 Å². The minimum atomic E-state index is 0. The maximum absolute atomic E-state index is 0. The third-order valence-electron chi connectivity index (χ3n) is 0. The number of hydrogen-bond donors (Lipinski definition) is 0. The van der Waals surface area contributed by atoms with Gasteiger partial charge in [0.2, 0.25) is 0 Å². The average molecular weight is 426 g/mol. The van der Waals surface area contributed by atoms with Gasteiger partial charge in [0.15, 0.2) is 0 Å². The predicted octanol–water partition coefficient (Wildman–Crippen LogP) is 0.570. The molecule has 5 heteroatoms. The van der Waals surface area contributed by atoms with Crippen molar-refractivity contribution in [3.05, 3.63) is 0 Å². The molecule has 0 aromatic heterocycles. The molecule has 0 aromatic carbocycles. The van der Waals surface area contributed by atoms with Gasteiger partial charge in [-0.1, -0.05) is 0 Å². The smallest absolute Gasteiger partial charge is 0 e. The van der Waals surface area contributed by atoms with Gasteiger partial charge >= 0.3 is 0 Å². The van der Waals surface area contributed by atoms with Gasteiger partial charge in [-0.05, 0) is 0 Å². The fourth-order valence-corrected chi connectivity index (χ4v) is 0. The minimum Gasteiger partial charge on any atom is -0.114 e. The second kappa shape index (κ2) is 25.1. The SMILES string of the molecule is Br.[Ce].[Co].[Mn].[Zr]. The molecule has 0 aliphatic heterocycles. The van der Waals surface area contributed by atoms with E-state index in [-0.39, 0.29) is 119 Å². The predicted molar refractivity (Wildman–Crippen MR) is 10.3 cm³/mol. The van der Waals surface area contributed by atoms with Gasteiger partial charge in [0, 0.05) is 102 Å². The van der Waals surface area contributed by atoms with Crippen molar-refractivity contribution in [2.45, 2.75) is 0 Å². The zero-order chi connectivity index (χ0) is 0. The largest absolute Gasteiger partial charge is 0.114 e. The van der Waals surface area contributed by atoms with E-state index in [1.54, 1.807) is 0 Å². The molecule has 0 amide bonds. The van der Waals surface area contributed by atoms with Crippen LogP contribution in [0.4, 0.5) is 0 Å². The van der Waals surface area contributed by atoms with Crippen LogP contribution in [0.2, 0.25) is 0 Å². The minimum absolute atomic E-state index is 0. The third-order valence-corrected chi connectivity index (χ3v) is 0. The van der Waals surface area contributed by atoms with E-state index >= 15 is 0 Å². The summed E-state index contributed by atoms with van der Waals surface area (Å²) in [5.41, 5.74) is 0. The van der Waals surface area contributed by atoms with Crippen molar-refractivity contribution in [3.8, 4) is 0 Å². The average Bonchev–Trinajstić information content (AvgIpc) is 0. The summed E-state index contributed by atoms with van der Waals surface area (Å²) < 4.78 is 0. The Kier molecular flexibility index (Phi) is 187. The zero-order valence-corrected chi connectivity index (χ0v) is 11.7. The number of rotatable bonds is 0. The molecule has 0 heterocycles. The van der Waals surface area contributed by atoms with Crippen molar-refractivity contribution in [2.24, 2.45) is 0 Å². The summed E-state index contributed by atoms with van der Waals surface area (Å²) >= 11 is 0. The van der Waals surface area contributed by atoms with Gasteiger partial charge < -0.3 is 0 Å². The van der Waals surface area contributed by atoms with E-state index in [1.165, 1.54) is 0 Å². The normalized spacial score (nSPS) is 0. The Balaban J connectivity index is 0. The Morgan fingerprint density at radius 1 is 1.00 bits per heavy atom. The quantitative estimate of drug-likeness (QED) is 0.498. The van der Waals surface area contributed by atoms with E-state index in [0.717, 1.165) is 0 Å². The number of halogens is 1. The molecule has 0 atom stereocenters. The summed E-state index contributed by atoms with van der Waals surface area (Å²) in [6.45, 7) is 0. The van der Waals surface area contributed by atoms with Gasteiger partial charge in [0.05, 0.1) is 0 Å². The Morgan fingerprint density at radius 2 is 1.00 bits per heavy atom. The monoisotopic (exact) mass is 424 g/mol. The zero-order valence-electron chi connectivity index (χ0n) is 2.12. The van der Waals surface area contributed by atoms with Gasteiger partial charge in [0.1, 0.15) is 0 Å². The summed E-state index contributed by atoms with van der Waals surface area (Å²) in [7, 11) is 0. The summed E-state index contributed by atoms with van der Waals surface area (Å²) in [5, 5.41) is 0. The first-order valence-electron chi connectivity index (χ1n) is 0. The van der Waals surface area contributed by atoms with Crippen molar-refractivity contribution in [3.63, 3.8) is 0 Å². The maximum Gasteiger partial charge on any atom is 0 e. The molecule has 0 saturated heterocycles. The Morgan fingerprint density at radius 3 is 1.00 bits per heavy atom. The summed E-state index contributed by atoms with van der Waals surface area (Å²) in [4.78, 5) is 0. The van der Waals surface area contributed by atoms with Crippen LogP contribution in [0.15, 0.2) is 0 Å². The van der Waals surface area contributed by atoms with E-state index in [1.807, 2.05) is 0 Å². The van der Waals surface area contributed by atoms with Gasteiger partial charge in [-0.15, -0.1) is 17.0 Å². The summed E-state index contributed by atoms with van der Waals surface area (Å²) in [6.07, 6.45) is 0. The topological polar surface area (TPSA) is 0 Å². The van der Waals surface area contributed by atoms with Crippen LogP contribution in [0.25, 0.3) is 0 Å². The molecule has 0 aliphatic carbocycles. The van der Waals surface area contributed by atoms with Gasteiger partial charge in [0.25, 0.3) is 0 Å². The number of hydrogen-bond acceptors (Lipinski definition) is 0. The molecule has 0 nitrogen and oxygen atoms in total. The fraction of sp³-hybridized carbons (Fsp3) is 0. The van der Waals surface area contributed by atoms with Crippen molar-refractivity contribution < 1.29 is 102 Å². The second-order valence-electron chi connectivity index (χ2n) is 0.